The van der Waals surface area contributed by atoms with Crippen LogP contribution in [-0.2, 0) is 4.74 Å². The van der Waals surface area contributed by atoms with E-state index in [0.717, 1.165) is 6.54 Å². The first-order valence-corrected chi connectivity index (χ1v) is 5.97. The van der Waals surface area contributed by atoms with Gasteiger partial charge in [-0.05, 0) is 12.0 Å². The number of aromatic carboxylic acids is 1. The Kier molecular flexibility index (Phi) is 5.58. The first-order valence-electron chi connectivity index (χ1n) is 5.97. The molecule has 0 aliphatic heterocycles. The number of carbonyl (C=O) groups is 1. The molecule has 1 heterocycles. The molecule has 5 nitrogen and oxygen atoms in total. The summed E-state index contributed by atoms with van der Waals surface area (Å²) in [5.41, 5.74) is 0.928. The van der Waals surface area contributed by atoms with Gasteiger partial charge in [0, 0.05) is 32.6 Å². The number of carboxylic acid groups (broad SMARTS) is 1. The van der Waals surface area contributed by atoms with Crippen LogP contribution in [0.1, 0.15) is 24.2 Å². The van der Waals surface area contributed by atoms with Gasteiger partial charge in [-0.3, -0.25) is 4.98 Å². The first-order chi connectivity index (χ1) is 8.56. The van der Waals surface area contributed by atoms with Crippen LogP contribution in [0.3, 0.4) is 0 Å². The number of nitrogens with zero attached hydrogens (tertiary/aromatic N) is 2. The van der Waals surface area contributed by atoms with Gasteiger partial charge in [-0.1, -0.05) is 13.8 Å². The fraction of sp³-hybridized carbons (Fsp3) is 0.538. The number of carboxylic acids is 1. The summed E-state index contributed by atoms with van der Waals surface area (Å²) >= 11 is 0. The van der Waals surface area contributed by atoms with Crippen molar-refractivity contribution in [1.82, 2.24) is 4.98 Å². The highest BCUT2D eigenvalue weighted by atomic mass is 16.5. The first kappa shape index (κ1) is 14.4. The van der Waals surface area contributed by atoms with Gasteiger partial charge in [-0.2, -0.15) is 0 Å². The number of hydrogen-bond acceptors (Lipinski definition) is 4. The highest BCUT2D eigenvalue weighted by molar-refractivity contribution is 5.94. The van der Waals surface area contributed by atoms with E-state index in [0.29, 0.717) is 24.8 Å². The minimum Gasteiger partial charge on any atom is -0.478 e. The van der Waals surface area contributed by atoms with Crippen molar-refractivity contribution in [3.63, 3.8) is 0 Å². The summed E-state index contributed by atoms with van der Waals surface area (Å²) < 4.78 is 5.07. The predicted molar refractivity (Wildman–Crippen MR) is 70.1 cm³/mol. The summed E-state index contributed by atoms with van der Waals surface area (Å²) in [5, 5.41) is 9.18. The van der Waals surface area contributed by atoms with Gasteiger partial charge in [0.1, 0.15) is 5.56 Å². The van der Waals surface area contributed by atoms with Crippen LogP contribution in [0.2, 0.25) is 0 Å². The molecule has 0 saturated heterocycles. The topological polar surface area (TPSA) is 62.7 Å². The van der Waals surface area contributed by atoms with Gasteiger partial charge in [-0.25, -0.2) is 4.79 Å². The molecule has 0 bridgehead atoms. The number of methoxy groups -OCH3 is 1. The average Bonchev–Trinajstić information content (AvgIpc) is 2.34. The summed E-state index contributed by atoms with van der Waals surface area (Å²) in [6.45, 7) is 6.21. The molecule has 0 radical (unpaired) electrons. The molecule has 0 fully saturated rings. The van der Waals surface area contributed by atoms with E-state index in [4.69, 9.17) is 4.74 Å². The lowest BCUT2D eigenvalue weighted by molar-refractivity contribution is 0.0697. The van der Waals surface area contributed by atoms with Gasteiger partial charge in [-0.15, -0.1) is 0 Å². The standard InChI is InChI=1S/C13H20N2O3/c1-10(2)9-15(6-7-18-3)12-4-5-14-8-11(12)13(16)17/h4-5,8,10H,6-7,9H2,1-3H3,(H,16,17). The number of pyridine rings is 1. The zero-order chi connectivity index (χ0) is 13.5. The van der Waals surface area contributed by atoms with Crippen LogP contribution in [0.5, 0.6) is 0 Å². The average molecular weight is 252 g/mol. The maximum atomic E-state index is 11.2. The van der Waals surface area contributed by atoms with E-state index < -0.39 is 5.97 Å². The van der Waals surface area contributed by atoms with E-state index in [2.05, 4.69) is 18.8 Å². The Labute approximate surface area is 107 Å². The van der Waals surface area contributed by atoms with Crippen LogP contribution in [0.4, 0.5) is 5.69 Å². The van der Waals surface area contributed by atoms with Crippen LogP contribution in [0.25, 0.3) is 0 Å². The number of rotatable bonds is 7. The van der Waals surface area contributed by atoms with E-state index in [1.807, 2.05) is 4.90 Å². The lowest BCUT2D eigenvalue weighted by Gasteiger charge is -2.27. The molecule has 0 spiro atoms. The van der Waals surface area contributed by atoms with Crippen LogP contribution in [0, 0.1) is 5.92 Å². The van der Waals surface area contributed by atoms with E-state index in [1.165, 1.54) is 6.20 Å². The Hall–Kier alpha value is -1.62. The molecule has 1 aromatic heterocycles. The summed E-state index contributed by atoms with van der Waals surface area (Å²) in [7, 11) is 1.64. The van der Waals surface area contributed by atoms with Gasteiger partial charge in [0.05, 0.1) is 12.3 Å². The van der Waals surface area contributed by atoms with Crippen LogP contribution in [-0.4, -0.2) is 42.9 Å². The van der Waals surface area contributed by atoms with Crippen molar-refractivity contribution in [1.29, 1.82) is 0 Å². The number of anilines is 1. The molecular weight excluding hydrogens is 232 g/mol. The molecule has 1 rings (SSSR count). The summed E-state index contributed by atoms with van der Waals surface area (Å²) in [4.78, 5) is 17.1. The molecule has 0 aliphatic carbocycles. The van der Waals surface area contributed by atoms with Crippen molar-refractivity contribution >= 4 is 11.7 Å². The molecular formula is C13H20N2O3. The Morgan fingerprint density at radius 2 is 2.28 bits per heavy atom. The number of hydrogen-bond donors (Lipinski definition) is 1. The quantitative estimate of drug-likeness (QED) is 0.803. The third-order valence-corrected chi connectivity index (χ3v) is 2.52. The lowest BCUT2D eigenvalue weighted by Crippen LogP contribution is -2.32. The zero-order valence-corrected chi connectivity index (χ0v) is 11.1. The van der Waals surface area contributed by atoms with Crippen molar-refractivity contribution in [3.8, 4) is 0 Å². The maximum Gasteiger partial charge on any atom is 0.339 e. The minimum absolute atomic E-state index is 0.231. The fourth-order valence-electron chi connectivity index (χ4n) is 1.78. The highest BCUT2D eigenvalue weighted by Gasteiger charge is 2.16. The van der Waals surface area contributed by atoms with Gasteiger partial charge in [0.2, 0.25) is 0 Å². The van der Waals surface area contributed by atoms with Crippen LogP contribution in [0.15, 0.2) is 18.5 Å². The molecule has 0 aromatic carbocycles. The van der Waals surface area contributed by atoms with Crippen molar-refractivity contribution in [3.05, 3.63) is 24.0 Å². The molecule has 18 heavy (non-hydrogen) atoms. The van der Waals surface area contributed by atoms with Crippen LogP contribution >= 0.6 is 0 Å². The number of ether oxygens (including phenoxy) is 1. The zero-order valence-electron chi connectivity index (χ0n) is 11.1. The molecule has 1 N–H and O–H groups in total. The van der Waals surface area contributed by atoms with E-state index in [9.17, 15) is 9.90 Å². The second-order valence-electron chi connectivity index (χ2n) is 4.53. The van der Waals surface area contributed by atoms with Gasteiger partial charge >= 0.3 is 5.97 Å². The largest absolute Gasteiger partial charge is 0.478 e. The van der Waals surface area contributed by atoms with Crippen molar-refractivity contribution < 1.29 is 14.6 Å². The van der Waals surface area contributed by atoms with E-state index >= 15 is 0 Å². The Morgan fingerprint density at radius 1 is 1.56 bits per heavy atom. The predicted octanol–water partition coefficient (Wildman–Crippen LogP) is 1.89. The molecule has 0 unspecified atom stereocenters. The molecule has 100 valence electrons. The second-order valence-corrected chi connectivity index (χ2v) is 4.53. The van der Waals surface area contributed by atoms with Crippen molar-refractivity contribution in [2.45, 2.75) is 13.8 Å². The Bertz CT molecular complexity index is 394. The van der Waals surface area contributed by atoms with Gasteiger partial charge < -0.3 is 14.7 Å². The van der Waals surface area contributed by atoms with Gasteiger partial charge in [0.15, 0.2) is 0 Å². The van der Waals surface area contributed by atoms with Gasteiger partial charge in [0.25, 0.3) is 0 Å². The third kappa shape index (κ3) is 4.00. The SMILES string of the molecule is COCCN(CC(C)C)c1ccncc1C(=O)O. The summed E-state index contributed by atoms with van der Waals surface area (Å²) in [6, 6.07) is 1.74. The molecule has 5 heteroatoms. The Morgan fingerprint density at radius 3 is 2.83 bits per heavy atom. The third-order valence-electron chi connectivity index (χ3n) is 2.52. The maximum absolute atomic E-state index is 11.2. The molecule has 0 saturated carbocycles. The number of aromatic nitrogens is 1. The van der Waals surface area contributed by atoms with Crippen molar-refractivity contribution in [2.24, 2.45) is 5.92 Å². The van der Waals surface area contributed by atoms with Crippen molar-refractivity contribution in [2.75, 3.05) is 31.7 Å². The normalized spacial score (nSPS) is 10.7. The summed E-state index contributed by atoms with van der Waals surface area (Å²) in [5.74, 6) is -0.513. The Balaban J connectivity index is 2.99. The second kappa shape index (κ2) is 6.96. The smallest absolute Gasteiger partial charge is 0.339 e. The summed E-state index contributed by atoms with van der Waals surface area (Å²) in [6.07, 6.45) is 3.00. The molecule has 0 aliphatic rings. The monoisotopic (exact) mass is 252 g/mol. The van der Waals surface area contributed by atoms with Crippen LogP contribution < -0.4 is 4.90 Å². The highest BCUT2D eigenvalue weighted by Crippen LogP contribution is 2.20. The van der Waals surface area contributed by atoms with E-state index in [1.54, 1.807) is 19.4 Å². The minimum atomic E-state index is -0.954. The molecule has 0 atom stereocenters. The van der Waals surface area contributed by atoms with E-state index in [-0.39, 0.29) is 5.56 Å². The fourth-order valence-corrected chi connectivity index (χ4v) is 1.78. The molecule has 1 aromatic rings. The lowest BCUT2D eigenvalue weighted by atomic mass is 10.1. The molecule has 0 amide bonds.